The molecule has 1 fully saturated rings. The average molecular weight is 404 g/mol. The Hall–Kier alpha value is -1.92. The van der Waals surface area contributed by atoms with Gasteiger partial charge in [-0.1, -0.05) is 36.4 Å². The van der Waals surface area contributed by atoms with E-state index in [0.717, 1.165) is 30.8 Å². The second-order valence-electron chi connectivity index (χ2n) is 7.35. The van der Waals surface area contributed by atoms with Gasteiger partial charge in [0.05, 0.1) is 12.2 Å². The van der Waals surface area contributed by atoms with Crippen molar-refractivity contribution in [2.24, 2.45) is 5.73 Å². The second kappa shape index (κ2) is 10.6. The third-order valence-electron chi connectivity index (χ3n) is 4.83. The summed E-state index contributed by atoms with van der Waals surface area (Å²) in [6.07, 6.45) is 0.560. The minimum absolute atomic E-state index is 0. The first-order valence-corrected chi connectivity index (χ1v) is 9.56. The van der Waals surface area contributed by atoms with E-state index >= 15 is 0 Å². The molecule has 1 amide bonds. The van der Waals surface area contributed by atoms with Gasteiger partial charge >= 0.3 is 0 Å². The molecule has 28 heavy (non-hydrogen) atoms. The van der Waals surface area contributed by atoms with Crippen LogP contribution in [0, 0.1) is 0 Å². The van der Waals surface area contributed by atoms with Crippen LogP contribution >= 0.6 is 12.4 Å². The molecule has 2 aromatic carbocycles. The van der Waals surface area contributed by atoms with Crippen LogP contribution in [0.1, 0.15) is 40.9 Å². The molecule has 1 aliphatic heterocycles. The Kier molecular flexibility index (Phi) is 8.45. The van der Waals surface area contributed by atoms with E-state index in [4.69, 9.17) is 10.5 Å². The Morgan fingerprint density at radius 3 is 2.11 bits per heavy atom. The third kappa shape index (κ3) is 6.31. The van der Waals surface area contributed by atoms with Crippen molar-refractivity contribution in [3.8, 4) is 0 Å². The van der Waals surface area contributed by atoms with E-state index < -0.39 is 0 Å². The van der Waals surface area contributed by atoms with Crippen LogP contribution in [0.25, 0.3) is 0 Å². The lowest BCUT2D eigenvalue weighted by atomic mass is 10.1. The first-order valence-electron chi connectivity index (χ1n) is 9.56. The number of amides is 1. The number of ether oxygens (including phenoxy) is 1. The van der Waals surface area contributed by atoms with Crippen molar-refractivity contribution < 1.29 is 9.53 Å². The van der Waals surface area contributed by atoms with Gasteiger partial charge in [0.1, 0.15) is 0 Å². The number of morpholine rings is 1. The Balaban J connectivity index is 0.00000280. The van der Waals surface area contributed by atoms with Crippen molar-refractivity contribution in [1.29, 1.82) is 0 Å². The number of nitrogens with zero attached hydrogens (tertiary/aromatic N) is 1. The Morgan fingerprint density at radius 1 is 1.00 bits per heavy atom. The lowest BCUT2D eigenvalue weighted by molar-refractivity contribution is -0.0704. The van der Waals surface area contributed by atoms with Gasteiger partial charge < -0.3 is 15.8 Å². The summed E-state index contributed by atoms with van der Waals surface area (Å²) >= 11 is 0. The van der Waals surface area contributed by atoms with Crippen molar-refractivity contribution in [3.63, 3.8) is 0 Å². The molecule has 1 saturated heterocycles. The normalized spacial score (nSPS) is 19.7. The van der Waals surface area contributed by atoms with E-state index in [1.54, 1.807) is 0 Å². The summed E-state index contributed by atoms with van der Waals surface area (Å²) in [5.74, 6) is -0.0704. The summed E-state index contributed by atoms with van der Waals surface area (Å²) in [6, 6.07) is 15.8. The molecule has 2 atom stereocenters. The average Bonchev–Trinajstić information content (AvgIpc) is 2.66. The van der Waals surface area contributed by atoms with Gasteiger partial charge in [0.15, 0.2) is 0 Å². The summed E-state index contributed by atoms with van der Waals surface area (Å²) in [7, 11) is 0. The molecule has 2 unspecified atom stereocenters. The largest absolute Gasteiger partial charge is 0.373 e. The fourth-order valence-electron chi connectivity index (χ4n) is 3.51. The first kappa shape index (κ1) is 22.4. The topological polar surface area (TPSA) is 67.6 Å². The number of benzene rings is 2. The van der Waals surface area contributed by atoms with Crippen LogP contribution in [-0.4, -0.2) is 36.1 Å². The number of hydrogen-bond donors (Lipinski definition) is 2. The second-order valence-corrected chi connectivity index (χ2v) is 7.35. The predicted molar refractivity (Wildman–Crippen MR) is 114 cm³/mol. The first-order chi connectivity index (χ1) is 13.0. The molecule has 0 radical (unpaired) electrons. The molecule has 5 nitrogen and oxygen atoms in total. The summed E-state index contributed by atoms with van der Waals surface area (Å²) in [6.45, 7) is 8.10. The van der Waals surface area contributed by atoms with E-state index in [-0.39, 0.29) is 30.5 Å². The molecule has 0 spiro atoms. The van der Waals surface area contributed by atoms with E-state index in [9.17, 15) is 4.79 Å². The quantitative estimate of drug-likeness (QED) is 0.777. The zero-order chi connectivity index (χ0) is 19.2. The molecule has 0 saturated carbocycles. The number of halogens is 1. The fraction of sp³-hybridized carbons (Fsp3) is 0.409. The number of nitrogens with two attached hydrogens (primary N) is 1. The highest BCUT2D eigenvalue weighted by Gasteiger charge is 2.21. The van der Waals surface area contributed by atoms with Crippen molar-refractivity contribution in [2.45, 2.75) is 45.7 Å². The SMILES string of the molecule is CC1CN(Cc2ccc(CNC(=O)c3ccc(CN)cc3)cc2)CC(C)O1.Cl. The molecular formula is C22H30ClN3O2. The maximum absolute atomic E-state index is 12.2. The number of carbonyl (C=O) groups excluding carboxylic acids is 1. The smallest absolute Gasteiger partial charge is 0.251 e. The van der Waals surface area contributed by atoms with Crippen molar-refractivity contribution in [1.82, 2.24) is 10.2 Å². The van der Waals surface area contributed by atoms with Crippen LogP contribution in [0.5, 0.6) is 0 Å². The van der Waals surface area contributed by atoms with Crippen LogP contribution < -0.4 is 11.1 Å². The van der Waals surface area contributed by atoms with E-state index in [1.807, 2.05) is 24.3 Å². The zero-order valence-electron chi connectivity index (χ0n) is 16.6. The molecule has 6 heteroatoms. The maximum Gasteiger partial charge on any atom is 0.251 e. The van der Waals surface area contributed by atoms with Crippen LogP contribution in [-0.2, 0) is 24.4 Å². The monoisotopic (exact) mass is 403 g/mol. The van der Waals surface area contributed by atoms with Gasteiger partial charge in [-0.2, -0.15) is 0 Å². The molecule has 3 N–H and O–H groups in total. The molecule has 3 rings (SSSR count). The van der Waals surface area contributed by atoms with Crippen LogP contribution in [0.3, 0.4) is 0 Å². The predicted octanol–water partition coefficient (Wildman–Crippen LogP) is 3.11. The van der Waals surface area contributed by atoms with E-state index in [2.05, 4.69) is 48.3 Å². The fourth-order valence-corrected chi connectivity index (χ4v) is 3.51. The summed E-state index contributed by atoms with van der Waals surface area (Å²) in [5.41, 5.74) is 9.63. The van der Waals surface area contributed by atoms with Crippen molar-refractivity contribution in [2.75, 3.05) is 13.1 Å². The molecule has 1 aliphatic rings. The van der Waals surface area contributed by atoms with Gasteiger partial charge in [0, 0.05) is 38.3 Å². The van der Waals surface area contributed by atoms with E-state index in [1.165, 1.54) is 5.56 Å². The minimum Gasteiger partial charge on any atom is -0.373 e. The number of rotatable bonds is 6. The number of hydrogen-bond acceptors (Lipinski definition) is 4. The highest BCUT2D eigenvalue weighted by atomic mass is 35.5. The summed E-state index contributed by atoms with van der Waals surface area (Å²) in [4.78, 5) is 14.7. The Morgan fingerprint density at radius 2 is 1.54 bits per heavy atom. The lowest BCUT2D eigenvalue weighted by Gasteiger charge is -2.35. The molecule has 0 aromatic heterocycles. The van der Waals surface area contributed by atoms with Gasteiger partial charge in [-0.3, -0.25) is 9.69 Å². The molecule has 2 aromatic rings. The standard InChI is InChI=1S/C22H29N3O2.ClH/c1-16-13-25(14-17(2)27-16)15-20-5-3-19(4-6-20)12-24-22(26)21-9-7-18(11-23)8-10-21;/h3-10,16-17H,11-15,23H2,1-2H3,(H,24,26);1H. The van der Waals surface area contributed by atoms with Gasteiger partial charge in [-0.25, -0.2) is 0 Å². The molecule has 0 aliphatic carbocycles. The molecule has 1 heterocycles. The van der Waals surface area contributed by atoms with Gasteiger partial charge in [-0.05, 0) is 42.7 Å². The Labute approximate surface area is 173 Å². The van der Waals surface area contributed by atoms with Gasteiger partial charge in [0.25, 0.3) is 5.91 Å². The number of nitrogens with one attached hydrogen (secondary N) is 1. The Bertz CT molecular complexity index is 739. The number of carbonyl (C=O) groups is 1. The molecule has 0 bridgehead atoms. The summed E-state index contributed by atoms with van der Waals surface area (Å²) < 4.78 is 5.79. The third-order valence-corrected chi connectivity index (χ3v) is 4.83. The minimum atomic E-state index is -0.0704. The summed E-state index contributed by atoms with van der Waals surface area (Å²) in [5, 5.41) is 2.97. The van der Waals surface area contributed by atoms with Crippen LogP contribution in [0.2, 0.25) is 0 Å². The van der Waals surface area contributed by atoms with Crippen LogP contribution in [0.4, 0.5) is 0 Å². The van der Waals surface area contributed by atoms with Crippen molar-refractivity contribution in [3.05, 3.63) is 70.8 Å². The van der Waals surface area contributed by atoms with Crippen molar-refractivity contribution >= 4 is 18.3 Å². The van der Waals surface area contributed by atoms with Gasteiger partial charge in [-0.15, -0.1) is 12.4 Å². The zero-order valence-corrected chi connectivity index (χ0v) is 17.4. The molecule has 152 valence electrons. The highest BCUT2D eigenvalue weighted by Crippen LogP contribution is 2.15. The van der Waals surface area contributed by atoms with E-state index in [0.29, 0.717) is 18.7 Å². The van der Waals surface area contributed by atoms with Crippen LogP contribution in [0.15, 0.2) is 48.5 Å². The molecular weight excluding hydrogens is 374 g/mol. The maximum atomic E-state index is 12.2. The highest BCUT2D eigenvalue weighted by molar-refractivity contribution is 5.94. The van der Waals surface area contributed by atoms with Gasteiger partial charge in [0.2, 0.25) is 0 Å². The lowest BCUT2D eigenvalue weighted by Crippen LogP contribution is -2.44.